The van der Waals surface area contributed by atoms with Gasteiger partial charge in [-0.1, -0.05) is 12.1 Å². The third-order valence-corrected chi connectivity index (χ3v) is 4.47. The Hall–Kier alpha value is -2.45. The third kappa shape index (κ3) is 7.76. The Labute approximate surface area is 178 Å². The van der Waals surface area contributed by atoms with Crippen LogP contribution in [-0.2, 0) is 20.8 Å². The van der Waals surface area contributed by atoms with Crippen LogP contribution in [0.1, 0.15) is 57.5 Å². The lowest BCUT2D eigenvalue weighted by molar-refractivity contribution is -0.127. The summed E-state index contributed by atoms with van der Waals surface area (Å²) in [6.45, 7) is 13.4. The summed E-state index contributed by atoms with van der Waals surface area (Å²) < 4.78 is 10.9. The number of hydrogen-bond donors (Lipinski definition) is 2. The van der Waals surface area contributed by atoms with Gasteiger partial charge in [0.05, 0.1) is 17.8 Å². The van der Waals surface area contributed by atoms with Gasteiger partial charge >= 0.3 is 12.0 Å². The summed E-state index contributed by atoms with van der Waals surface area (Å²) in [5.41, 5.74) is 0.947. The van der Waals surface area contributed by atoms with Gasteiger partial charge in [0, 0.05) is 25.2 Å². The molecule has 0 spiro atoms. The zero-order valence-corrected chi connectivity index (χ0v) is 18.7. The molecule has 30 heavy (non-hydrogen) atoms. The highest BCUT2D eigenvalue weighted by atomic mass is 16.5. The maximum Gasteiger partial charge on any atom is 0.338 e. The average Bonchev–Trinajstić information content (AvgIpc) is 2.59. The van der Waals surface area contributed by atoms with E-state index in [4.69, 9.17) is 9.47 Å². The molecule has 166 valence electrons. The third-order valence-electron chi connectivity index (χ3n) is 4.47. The number of hydrogen-bond acceptors (Lipinski definition) is 6. The van der Waals surface area contributed by atoms with Gasteiger partial charge in [-0.25, -0.2) is 9.59 Å². The number of imide groups is 1. The van der Waals surface area contributed by atoms with Gasteiger partial charge in [0.25, 0.3) is 5.91 Å². The van der Waals surface area contributed by atoms with E-state index >= 15 is 0 Å². The first-order chi connectivity index (χ1) is 13.9. The lowest BCUT2D eigenvalue weighted by Gasteiger charge is -2.35. The molecule has 0 saturated carbocycles. The second kappa shape index (κ2) is 10.0. The Bertz CT molecular complexity index is 747. The quantitative estimate of drug-likeness (QED) is 0.712. The number of esters is 1. The lowest BCUT2D eigenvalue weighted by atomic mass is 10.1. The van der Waals surface area contributed by atoms with Crippen molar-refractivity contribution in [1.29, 1.82) is 0 Å². The topological polar surface area (TPSA) is 97.0 Å². The molecule has 1 aliphatic heterocycles. The minimum Gasteiger partial charge on any atom is -0.449 e. The first-order valence-corrected chi connectivity index (χ1v) is 10.2. The van der Waals surface area contributed by atoms with Gasteiger partial charge in [0.2, 0.25) is 0 Å². The number of urea groups is 1. The van der Waals surface area contributed by atoms with Gasteiger partial charge < -0.3 is 14.8 Å². The van der Waals surface area contributed by atoms with E-state index in [0.717, 1.165) is 25.2 Å². The van der Waals surface area contributed by atoms with Crippen LogP contribution < -0.4 is 10.6 Å². The molecule has 8 nitrogen and oxygen atoms in total. The lowest BCUT2D eigenvalue weighted by Crippen LogP contribution is -2.50. The molecule has 2 rings (SSSR count). The highest BCUT2D eigenvalue weighted by molar-refractivity contribution is 5.98. The Morgan fingerprint density at radius 3 is 2.23 bits per heavy atom. The first kappa shape index (κ1) is 23.8. The van der Waals surface area contributed by atoms with Crippen LogP contribution in [0.25, 0.3) is 0 Å². The number of benzene rings is 1. The van der Waals surface area contributed by atoms with Gasteiger partial charge in [-0.3, -0.25) is 15.0 Å². The van der Waals surface area contributed by atoms with Crippen molar-refractivity contribution in [2.24, 2.45) is 0 Å². The summed E-state index contributed by atoms with van der Waals surface area (Å²) in [5.74, 6) is -1.30. The molecule has 1 saturated heterocycles. The Balaban J connectivity index is 1.86. The number of morpholine rings is 1. The maximum atomic E-state index is 12.3. The van der Waals surface area contributed by atoms with Crippen molar-refractivity contribution in [1.82, 2.24) is 15.5 Å². The fourth-order valence-corrected chi connectivity index (χ4v) is 3.29. The fraction of sp³-hybridized carbons (Fsp3) is 0.591. The second-order valence-electron chi connectivity index (χ2n) is 8.89. The van der Waals surface area contributed by atoms with E-state index in [9.17, 15) is 14.4 Å². The molecule has 1 aliphatic rings. The van der Waals surface area contributed by atoms with Crippen LogP contribution >= 0.6 is 0 Å². The van der Waals surface area contributed by atoms with Crippen LogP contribution in [0.15, 0.2) is 24.3 Å². The largest absolute Gasteiger partial charge is 0.449 e. The maximum absolute atomic E-state index is 12.3. The molecule has 3 amide bonds. The van der Waals surface area contributed by atoms with E-state index in [1.807, 2.05) is 12.1 Å². The molecule has 0 aromatic heterocycles. The zero-order chi connectivity index (χ0) is 22.5. The second-order valence-corrected chi connectivity index (χ2v) is 8.89. The predicted molar refractivity (Wildman–Crippen MR) is 113 cm³/mol. The molecule has 8 heteroatoms. The van der Waals surface area contributed by atoms with Crippen molar-refractivity contribution in [2.45, 2.75) is 71.9 Å². The van der Waals surface area contributed by atoms with E-state index in [1.54, 1.807) is 32.9 Å². The number of carbonyl (C=O) groups is 3. The smallest absolute Gasteiger partial charge is 0.338 e. The minimum atomic E-state index is -1.10. The van der Waals surface area contributed by atoms with Crippen molar-refractivity contribution in [3.8, 4) is 0 Å². The van der Waals surface area contributed by atoms with E-state index < -0.39 is 29.6 Å². The Morgan fingerprint density at radius 1 is 1.13 bits per heavy atom. The summed E-state index contributed by atoms with van der Waals surface area (Å²) in [7, 11) is 0. The van der Waals surface area contributed by atoms with Crippen LogP contribution in [0.4, 0.5) is 4.79 Å². The summed E-state index contributed by atoms with van der Waals surface area (Å²) in [6.07, 6.45) is -0.707. The van der Waals surface area contributed by atoms with Gasteiger partial charge in [-0.05, 0) is 59.2 Å². The van der Waals surface area contributed by atoms with Crippen LogP contribution in [0.2, 0.25) is 0 Å². The van der Waals surface area contributed by atoms with Crippen molar-refractivity contribution in [2.75, 3.05) is 13.1 Å². The molecule has 3 unspecified atom stereocenters. The minimum absolute atomic E-state index is 0.195. The van der Waals surface area contributed by atoms with Crippen molar-refractivity contribution < 1.29 is 23.9 Å². The summed E-state index contributed by atoms with van der Waals surface area (Å²) in [5, 5.41) is 4.78. The fourth-order valence-electron chi connectivity index (χ4n) is 3.29. The molecule has 1 heterocycles. The molecule has 1 fully saturated rings. The van der Waals surface area contributed by atoms with Gasteiger partial charge in [0.15, 0.2) is 6.10 Å². The van der Waals surface area contributed by atoms with E-state index in [2.05, 4.69) is 29.4 Å². The van der Waals surface area contributed by atoms with Gasteiger partial charge in [0.1, 0.15) is 0 Å². The molecular formula is C22H33N3O5. The molecule has 2 N–H and O–H groups in total. The van der Waals surface area contributed by atoms with Crippen LogP contribution in [0.3, 0.4) is 0 Å². The average molecular weight is 420 g/mol. The van der Waals surface area contributed by atoms with Crippen LogP contribution in [-0.4, -0.2) is 59.7 Å². The zero-order valence-electron chi connectivity index (χ0n) is 18.7. The van der Waals surface area contributed by atoms with Crippen molar-refractivity contribution >= 4 is 17.9 Å². The van der Waals surface area contributed by atoms with E-state index in [0.29, 0.717) is 5.56 Å². The number of ether oxygens (including phenoxy) is 2. The van der Waals surface area contributed by atoms with Crippen molar-refractivity contribution in [3.63, 3.8) is 0 Å². The Kier molecular flexibility index (Phi) is 7.97. The standard InChI is InChI=1S/C22H33N3O5/c1-14-11-25(12-15(2)29-14)13-17-7-9-18(10-8-17)20(27)30-16(3)19(26)23-21(28)24-22(4,5)6/h7-10,14-16H,11-13H2,1-6H3,(H2,23,24,26,28). The molecule has 3 atom stereocenters. The van der Waals surface area contributed by atoms with Gasteiger partial charge in [-0.15, -0.1) is 0 Å². The molecule has 1 aromatic carbocycles. The highest BCUT2D eigenvalue weighted by Crippen LogP contribution is 2.15. The Morgan fingerprint density at radius 2 is 1.70 bits per heavy atom. The summed E-state index contributed by atoms with van der Waals surface area (Å²) >= 11 is 0. The molecular weight excluding hydrogens is 386 g/mol. The molecule has 0 radical (unpaired) electrons. The number of rotatable bonds is 5. The number of carbonyl (C=O) groups excluding carboxylic acids is 3. The normalized spacial score (nSPS) is 20.9. The molecule has 0 bridgehead atoms. The predicted octanol–water partition coefficient (Wildman–Crippen LogP) is 2.47. The first-order valence-electron chi connectivity index (χ1n) is 10.2. The number of amides is 3. The number of nitrogens with zero attached hydrogens (tertiary/aromatic N) is 1. The summed E-state index contributed by atoms with van der Waals surface area (Å²) in [6, 6.07) is 6.49. The van der Waals surface area contributed by atoms with Crippen molar-refractivity contribution in [3.05, 3.63) is 35.4 Å². The molecule has 1 aromatic rings. The van der Waals surface area contributed by atoms with E-state index in [-0.39, 0.29) is 12.2 Å². The monoisotopic (exact) mass is 419 g/mol. The molecule has 0 aliphatic carbocycles. The van der Waals surface area contributed by atoms with E-state index in [1.165, 1.54) is 6.92 Å². The highest BCUT2D eigenvalue weighted by Gasteiger charge is 2.24. The summed E-state index contributed by atoms with van der Waals surface area (Å²) in [4.78, 5) is 38.5. The van der Waals surface area contributed by atoms with Crippen LogP contribution in [0, 0.1) is 0 Å². The van der Waals surface area contributed by atoms with Gasteiger partial charge in [-0.2, -0.15) is 0 Å². The SMILES string of the molecule is CC1CN(Cc2ccc(C(=O)OC(C)C(=O)NC(=O)NC(C)(C)C)cc2)CC(C)O1. The van der Waals surface area contributed by atoms with Crippen LogP contribution in [0.5, 0.6) is 0 Å². The number of nitrogens with one attached hydrogen (secondary N) is 2.